The first-order valence-electron chi connectivity index (χ1n) is 8.55. The average Bonchev–Trinajstić information content (AvgIpc) is 3.06. The number of fused-ring (bicyclic) bond motifs is 1. The molecule has 9 nitrogen and oxygen atoms in total. The molecule has 2 heterocycles. The fourth-order valence-electron chi connectivity index (χ4n) is 2.22. The van der Waals surface area contributed by atoms with Crippen LogP contribution in [0.4, 0.5) is 5.82 Å². The maximum atomic E-state index is 12.9. The third-order valence-corrected chi connectivity index (χ3v) is 6.86. The molecule has 12 heteroatoms. The highest BCUT2D eigenvalue weighted by atomic mass is 33.1. The van der Waals surface area contributed by atoms with Crippen LogP contribution in [0.25, 0.3) is 11.2 Å². The Morgan fingerprint density at radius 3 is 2.81 bits per heavy atom. The lowest BCUT2D eigenvalue weighted by molar-refractivity contribution is 0.0666. The van der Waals surface area contributed by atoms with Gasteiger partial charge in [-0.05, 0) is 19.6 Å². The monoisotopic (exact) mass is 435 g/mol. The molecule has 0 amide bonds. The van der Waals surface area contributed by atoms with Crippen molar-refractivity contribution >= 4 is 46.2 Å². The zero-order chi connectivity index (χ0) is 19.7. The number of nitrogen functional groups attached to an aromatic ring is 1. The highest BCUT2D eigenvalue weighted by Gasteiger charge is 2.26. The second kappa shape index (κ2) is 11.2. The molecule has 0 saturated carbocycles. The summed E-state index contributed by atoms with van der Waals surface area (Å²) in [5.41, 5.74) is 6.98. The lowest BCUT2D eigenvalue weighted by Crippen LogP contribution is -2.18. The number of nitrogens with two attached hydrogens (primary N) is 1. The number of hydrogen-bond donors (Lipinski definition) is 1. The summed E-state index contributed by atoms with van der Waals surface area (Å²) in [6, 6.07) is 0. The van der Waals surface area contributed by atoms with E-state index in [0.717, 1.165) is 12.2 Å². The van der Waals surface area contributed by atoms with Gasteiger partial charge < -0.3 is 24.1 Å². The van der Waals surface area contributed by atoms with Crippen LogP contribution in [-0.2, 0) is 24.9 Å². The van der Waals surface area contributed by atoms with Crippen LogP contribution in [0, 0.1) is 0 Å². The number of rotatable bonds is 13. The van der Waals surface area contributed by atoms with Crippen LogP contribution in [-0.4, -0.2) is 57.2 Å². The Labute approximate surface area is 167 Å². The van der Waals surface area contributed by atoms with Gasteiger partial charge in [-0.15, -0.1) is 0 Å². The second-order valence-electron chi connectivity index (χ2n) is 5.70. The van der Waals surface area contributed by atoms with Crippen molar-refractivity contribution in [3.63, 3.8) is 0 Å². The molecule has 2 atom stereocenters. The molecule has 2 rings (SSSR count). The van der Waals surface area contributed by atoms with E-state index in [1.807, 2.05) is 24.7 Å². The Balaban J connectivity index is 1.92. The lowest BCUT2D eigenvalue weighted by Gasteiger charge is -2.21. The minimum absolute atomic E-state index is 0.0954. The second-order valence-corrected chi connectivity index (χ2v) is 10.4. The van der Waals surface area contributed by atoms with Crippen LogP contribution >= 0.6 is 29.2 Å². The molecule has 0 radical (unpaired) electrons. The van der Waals surface area contributed by atoms with Gasteiger partial charge in [-0.3, -0.25) is 4.57 Å². The normalized spacial score (nSPS) is 15.1. The summed E-state index contributed by atoms with van der Waals surface area (Å²) < 4.78 is 31.4. The van der Waals surface area contributed by atoms with E-state index in [1.54, 1.807) is 27.9 Å². The maximum Gasteiger partial charge on any atom is 0.356 e. The summed E-state index contributed by atoms with van der Waals surface area (Å²) in [7, 11) is -0.00831. The third-order valence-electron chi connectivity index (χ3n) is 3.47. The molecule has 0 aliphatic rings. The standard InChI is InChI=1S/C15H26N5O4PS2/c1-4-5-23-25(21,24-6-7-27-26-3)11-22-12(2)8-20-10-19-13-14(16)17-9-18-15(13)20/h9-10,12H,4-8,11H2,1-3H3,(H2,16,17,18)/t12-,25?/m1/s1. The number of hydrogen-bond acceptors (Lipinski definition) is 10. The first kappa shape index (κ1) is 22.4. The zero-order valence-electron chi connectivity index (χ0n) is 15.7. The smallest absolute Gasteiger partial charge is 0.356 e. The van der Waals surface area contributed by atoms with E-state index in [0.29, 0.717) is 36.7 Å². The van der Waals surface area contributed by atoms with Crippen LogP contribution in [0.15, 0.2) is 12.7 Å². The van der Waals surface area contributed by atoms with Gasteiger partial charge in [-0.2, -0.15) is 0 Å². The van der Waals surface area contributed by atoms with E-state index in [2.05, 4.69) is 15.0 Å². The first-order valence-corrected chi connectivity index (χ1v) is 13.0. The van der Waals surface area contributed by atoms with E-state index in [1.165, 1.54) is 6.33 Å². The topological polar surface area (TPSA) is 114 Å². The molecule has 0 bridgehead atoms. The van der Waals surface area contributed by atoms with Gasteiger partial charge in [0.15, 0.2) is 11.5 Å². The van der Waals surface area contributed by atoms with Gasteiger partial charge in [0.25, 0.3) is 0 Å². The Kier molecular flexibility index (Phi) is 9.34. The molecule has 0 aliphatic heterocycles. The van der Waals surface area contributed by atoms with Gasteiger partial charge in [-0.1, -0.05) is 28.5 Å². The molecule has 152 valence electrons. The maximum absolute atomic E-state index is 12.9. The summed E-state index contributed by atoms with van der Waals surface area (Å²) in [5, 5.41) is 0. The van der Waals surface area contributed by atoms with E-state index >= 15 is 0 Å². The van der Waals surface area contributed by atoms with E-state index in [4.69, 9.17) is 19.5 Å². The minimum Gasteiger partial charge on any atom is -0.382 e. The van der Waals surface area contributed by atoms with Gasteiger partial charge >= 0.3 is 7.60 Å². The Hall–Kier alpha value is -0.840. The lowest BCUT2D eigenvalue weighted by atomic mass is 10.4. The highest BCUT2D eigenvalue weighted by molar-refractivity contribution is 8.76. The third kappa shape index (κ3) is 6.92. The molecular weight excluding hydrogens is 409 g/mol. The number of ether oxygens (including phenoxy) is 1. The molecule has 1 unspecified atom stereocenters. The van der Waals surface area contributed by atoms with Gasteiger partial charge in [0.2, 0.25) is 0 Å². The van der Waals surface area contributed by atoms with E-state index in [-0.39, 0.29) is 12.5 Å². The SMILES string of the molecule is CCCOP(=O)(CO[C@H](C)Cn1cnc2c(N)ncnc21)OCCSSC. The Morgan fingerprint density at radius 1 is 1.30 bits per heavy atom. The van der Waals surface area contributed by atoms with Gasteiger partial charge in [0.05, 0.1) is 32.2 Å². The summed E-state index contributed by atoms with van der Waals surface area (Å²) in [5.74, 6) is 1.07. The van der Waals surface area contributed by atoms with Crippen LogP contribution in [0.1, 0.15) is 20.3 Å². The fourth-order valence-corrected chi connectivity index (χ4v) is 4.85. The van der Waals surface area contributed by atoms with Gasteiger partial charge in [0, 0.05) is 5.75 Å². The van der Waals surface area contributed by atoms with Crippen LogP contribution in [0.2, 0.25) is 0 Å². The summed E-state index contributed by atoms with van der Waals surface area (Å²) in [6.07, 6.45) is 5.43. The largest absolute Gasteiger partial charge is 0.382 e. The van der Waals surface area contributed by atoms with Crippen molar-refractivity contribution in [2.45, 2.75) is 32.9 Å². The van der Waals surface area contributed by atoms with Gasteiger partial charge in [0.1, 0.15) is 18.2 Å². The van der Waals surface area contributed by atoms with Crippen molar-refractivity contribution in [3.8, 4) is 0 Å². The quantitative estimate of drug-likeness (QED) is 0.285. The highest BCUT2D eigenvalue weighted by Crippen LogP contribution is 2.48. The number of imidazole rings is 1. The molecular formula is C15H26N5O4PS2. The summed E-state index contributed by atoms with van der Waals surface area (Å²) in [4.78, 5) is 12.4. The minimum atomic E-state index is -3.29. The number of anilines is 1. The molecule has 27 heavy (non-hydrogen) atoms. The molecule has 0 aromatic carbocycles. The van der Waals surface area contributed by atoms with Crippen LogP contribution < -0.4 is 5.73 Å². The average molecular weight is 436 g/mol. The Bertz CT molecular complexity index is 763. The predicted octanol–water partition coefficient (Wildman–Crippen LogP) is 3.42. The molecule has 0 saturated heterocycles. The van der Waals surface area contributed by atoms with E-state index in [9.17, 15) is 4.57 Å². The molecule has 0 fully saturated rings. The number of nitrogens with zero attached hydrogens (tertiary/aromatic N) is 4. The van der Waals surface area contributed by atoms with Crippen LogP contribution in [0.5, 0.6) is 0 Å². The van der Waals surface area contributed by atoms with Crippen molar-refractivity contribution < 1.29 is 18.3 Å². The number of aromatic nitrogens is 4. The zero-order valence-corrected chi connectivity index (χ0v) is 18.3. The van der Waals surface area contributed by atoms with Crippen molar-refractivity contribution in [2.75, 3.05) is 37.3 Å². The van der Waals surface area contributed by atoms with E-state index < -0.39 is 7.60 Å². The predicted molar refractivity (Wildman–Crippen MR) is 111 cm³/mol. The Morgan fingerprint density at radius 2 is 2.07 bits per heavy atom. The van der Waals surface area contributed by atoms with Gasteiger partial charge in [-0.25, -0.2) is 15.0 Å². The van der Waals surface area contributed by atoms with Crippen molar-refractivity contribution in [3.05, 3.63) is 12.7 Å². The summed E-state index contributed by atoms with van der Waals surface area (Å²) in [6.45, 7) is 5.03. The fraction of sp³-hybridized carbons (Fsp3) is 0.667. The molecule has 0 aliphatic carbocycles. The van der Waals surface area contributed by atoms with Crippen molar-refractivity contribution in [1.82, 2.24) is 19.5 Å². The first-order chi connectivity index (χ1) is 13.0. The molecule has 2 aromatic rings. The summed E-state index contributed by atoms with van der Waals surface area (Å²) >= 11 is 0. The van der Waals surface area contributed by atoms with Crippen molar-refractivity contribution in [2.24, 2.45) is 0 Å². The molecule has 0 spiro atoms. The van der Waals surface area contributed by atoms with Crippen LogP contribution in [0.3, 0.4) is 0 Å². The molecule has 2 aromatic heterocycles. The van der Waals surface area contributed by atoms with Crippen molar-refractivity contribution in [1.29, 1.82) is 0 Å². The molecule has 2 N–H and O–H groups in total.